The summed E-state index contributed by atoms with van der Waals surface area (Å²) in [7, 11) is 0. The fourth-order valence-corrected chi connectivity index (χ4v) is 17.4. The summed E-state index contributed by atoms with van der Waals surface area (Å²) in [5, 5.41) is 2.97. The van der Waals surface area contributed by atoms with Crippen LogP contribution >= 0.6 is 22.7 Å². The van der Waals surface area contributed by atoms with Gasteiger partial charge in [0.15, 0.2) is 0 Å². The minimum absolute atomic E-state index is 0.0198. The molecule has 56 heavy (non-hydrogen) atoms. The fraction of sp³-hybridized carbons (Fsp3) is 0.462. The molecule has 0 saturated heterocycles. The van der Waals surface area contributed by atoms with E-state index < -0.39 is 0 Å². The number of para-hydroxylation sites is 2. The number of hydrogen-bond acceptors (Lipinski definition) is 4. The molecule has 5 heterocycles. The summed E-state index contributed by atoms with van der Waals surface area (Å²) < 4.78 is 2.93. The lowest BCUT2D eigenvalue weighted by Crippen LogP contribution is -2.62. The van der Waals surface area contributed by atoms with Crippen molar-refractivity contribution in [1.82, 2.24) is 0 Å². The number of benzene rings is 4. The molecule has 13 rings (SSSR count). The highest BCUT2D eigenvalue weighted by molar-refractivity contribution is 7.20. The van der Waals surface area contributed by atoms with Gasteiger partial charge < -0.3 is 9.80 Å². The van der Waals surface area contributed by atoms with Gasteiger partial charge in [-0.05, 0) is 153 Å². The smallest absolute Gasteiger partial charge is 0.0812 e. The molecule has 4 heteroatoms. The largest absolute Gasteiger partial charge is 0.353 e. The van der Waals surface area contributed by atoms with Gasteiger partial charge in [0.25, 0.3) is 0 Å². The highest BCUT2D eigenvalue weighted by atomic mass is 32.1. The van der Waals surface area contributed by atoms with Crippen molar-refractivity contribution in [3.05, 3.63) is 129 Å². The van der Waals surface area contributed by atoms with E-state index in [1.807, 2.05) is 11.3 Å². The van der Waals surface area contributed by atoms with Crippen molar-refractivity contribution in [2.75, 3.05) is 9.80 Å². The lowest BCUT2D eigenvalue weighted by molar-refractivity contribution is -0.0588. The van der Waals surface area contributed by atoms with E-state index in [-0.39, 0.29) is 21.9 Å². The van der Waals surface area contributed by atoms with E-state index in [4.69, 9.17) is 0 Å². The minimum Gasteiger partial charge on any atom is -0.353 e. The lowest BCUT2D eigenvalue weighted by Gasteiger charge is -2.63. The molecular formula is C52H58N2S2. The molecule has 4 bridgehead atoms. The van der Waals surface area contributed by atoms with Crippen LogP contribution in [0.2, 0.25) is 0 Å². The Bertz CT molecular complexity index is 2540. The summed E-state index contributed by atoms with van der Waals surface area (Å²) in [5.74, 6) is 3.65. The molecular weight excluding hydrogens is 717 g/mol. The van der Waals surface area contributed by atoms with E-state index in [0.717, 1.165) is 23.7 Å². The first-order valence-corrected chi connectivity index (χ1v) is 23.2. The van der Waals surface area contributed by atoms with Crippen molar-refractivity contribution in [3.63, 3.8) is 0 Å². The van der Waals surface area contributed by atoms with Gasteiger partial charge in [-0.15, -0.1) is 22.7 Å². The number of nitrogens with zero attached hydrogens (tertiary/aromatic N) is 2. The van der Waals surface area contributed by atoms with Crippen LogP contribution in [0.25, 0.3) is 20.2 Å². The zero-order chi connectivity index (χ0) is 38.7. The Morgan fingerprint density at radius 3 is 1.70 bits per heavy atom. The number of fused-ring (bicyclic) bond motifs is 10. The van der Waals surface area contributed by atoms with Crippen LogP contribution in [-0.4, -0.2) is 0 Å². The molecule has 288 valence electrons. The van der Waals surface area contributed by atoms with Crippen LogP contribution in [0.5, 0.6) is 0 Å². The maximum Gasteiger partial charge on any atom is 0.0812 e. The van der Waals surface area contributed by atoms with Crippen LogP contribution in [0.4, 0.5) is 11.4 Å². The third-order valence-electron chi connectivity index (χ3n) is 17.3. The molecule has 1 spiro atoms. The van der Waals surface area contributed by atoms with Gasteiger partial charge in [0.2, 0.25) is 0 Å². The normalized spacial score (nSPS) is 32.4. The number of rotatable bonds is 1. The van der Waals surface area contributed by atoms with Crippen LogP contribution in [-0.2, 0) is 16.5 Å². The summed E-state index contributed by atoms with van der Waals surface area (Å²) in [4.78, 5) is 9.01. The number of aryl methyl sites for hydroxylation is 2. The van der Waals surface area contributed by atoms with Gasteiger partial charge in [-0.25, -0.2) is 0 Å². The van der Waals surface area contributed by atoms with Crippen LogP contribution in [0.15, 0.2) is 91.0 Å². The molecule has 4 fully saturated rings. The van der Waals surface area contributed by atoms with Crippen molar-refractivity contribution in [2.24, 2.45) is 29.1 Å². The molecule has 3 atom stereocenters. The molecule has 2 aromatic heterocycles. The van der Waals surface area contributed by atoms with Crippen LogP contribution < -0.4 is 9.80 Å². The molecule has 3 unspecified atom stereocenters. The molecule has 0 amide bonds. The van der Waals surface area contributed by atoms with E-state index in [1.165, 1.54) is 80.3 Å². The highest BCUT2D eigenvalue weighted by Crippen LogP contribution is 2.72. The summed E-state index contributed by atoms with van der Waals surface area (Å²) in [6.45, 7) is 21.9. The fourth-order valence-electron chi connectivity index (χ4n) is 14.1. The zero-order valence-electron chi connectivity index (χ0n) is 34.9. The van der Waals surface area contributed by atoms with E-state index in [1.54, 1.807) is 20.9 Å². The third-order valence-corrected chi connectivity index (χ3v) is 20.0. The highest BCUT2D eigenvalue weighted by Gasteiger charge is 2.67. The summed E-state index contributed by atoms with van der Waals surface area (Å²) in [6, 6.07) is 35.1. The van der Waals surface area contributed by atoms with Crippen molar-refractivity contribution in [1.29, 1.82) is 0 Å². The zero-order valence-corrected chi connectivity index (χ0v) is 36.5. The van der Waals surface area contributed by atoms with E-state index >= 15 is 0 Å². The Balaban J connectivity index is 0.000000130. The maximum absolute atomic E-state index is 2.93. The first-order chi connectivity index (χ1) is 26.8. The number of hydrogen-bond donors (Lipinski definition) is 0. The van der Waals surface area contributed by atoms with E-state index in [9.17, 15) is 0 Å². The van der Waals surface area contributed by atoms with Gasteiger partial charge in [-0.1, -0.05) is 100 Å². The molecule has 4 saturated carbocycles. The molecule has 4 aromatic carbocycles. The molecule has 3 aliphatic heterocycles. The first-order valence-electron chi connectivity index (χ1n) is 21.6. The Kier molecular flexibility index (Phi) is 7.46. The average molecular weight is 775 g/mol. The Morgan fingerprint density at radius 1 is 0.554 bits per heavy atom. The van der Waals surface area contributed by atoms with Crippen LogP contribution in [0.3, 0.4) is 0 Å². The Morgan fingerprint density at radius 2 is 1.07 bits per heavy atom. The predicted molar refractivity (Wildman–Crippen MR) is 241 cm³/mol. The average Bonchev–Trinajstić information content (AvgIpc) is 3.88. The van der Waals surface area contributed by atoms with Crippen LogP contribution in [0, 0.1) is 42.9 Å². The summed E-state index contributed by atoms with van der Waals surface area (Å²) in [5.41, 5.74) is 10.9. The monoisotopic (exact) mass is 774 g/mol. The summed E-state index contributed by atoms with van der Waals surface area (Å²) >= 11 is 4.15. The third kappa shape index (κ3) is 4.19. The molecule has 6 aromatic rings. The second-order valence-electron chi connectivity index (χ2n) is 20.0. The van der Waals surface area contributed by atoms with Gasteiger partial charge in [0.1, 0.15) is 0 Å². The number of thiophene rings is 2. The van der Waals surface area contributed by atoms with Gasteiger partial charge in [-0.3, -0.25) is 0 Å². The summed E-state index contributed by atoms with van der Waals surface area (Å²) in [6.07, 6.45) is 7.33. The van der Waals surface area contributed by atoms with E-state index in [0.29, 0.717) is 12.1 Å². The maximum atomic E-state index is 2.93. The number of anilines is 2. The second kappa shape index (κ2) is 11.8. The molecule has 7 aliphatic rings. The Hall–Kier alpha value is -3.60. The lowest BCUT2D eigenvalue weighted by atomic mass is 9.48. The SMILES string of the molecule is Cc1cccc2c1N1C(C)c3c(sc4ccccc34)C1(C)C(C)(C)C2(C)C.Cc1ccccc1N1C(C)c2c(sc3ccccc23)C12C1CC3CC(C1)CC2C3. The van der Waals surface area contributed by atoms with Crippen molar-refractivity contribution < 1.29 is 0 Å². The minimum atomic E-state index is -0.0198. The first kappa shape index (κ1) is 35.6. The van der Waals surface area contributed by atoms with Gasteiger partial charge >= 0.3 is 0 Å². The molecule has 0 radical (unpaired) electrons. The van der Waals surface area contributed by atoms with Crippen molar-refractivity contribution in [2.45, 2.75) is 123 Å². The van der Waals surface area contributed by atoms with Gasteiger partial charge in [0, 0.05) is 35.9 Å². The molecule has 4 aliphatic carbocycles. The van der Waals surface area contributed by atoms with Crippen molar-refractivity contribution in [3.8, 4) is 0 Å². The predicted octanol–water partition coefficient (Wildman–Crippen LogP) is 14.8. The standard InChI is InChI=1S/C27H29NS.C25H29NS/c1-16-7-3-5-9-23(16)28-17(2)25-22-8-4-6-10-24(22)29-26(25)27(28)20-12-18-11-19(14-20)15-21(27)13-18;1-15-11-10-13-18-21(15)26-16(2)20-17-12-8-9-14-19(17)27-22(20)25(26,7)24(5,6)23(18,3)4/h3-10,17-21H,11-15H2,1-2H3;8-14,16H,1-7H3. The van der Waals surface area contributed by atoms with E-state index in [2.05, 4.69) is 174 Å². The van der Waals surface area contributed by atoms with Crippen molar-refractivity contribution >= 4 is 54.2 Å². The van der Waals surface area contributed by atoms with Gasteiger partial charge in [0.05, 0.1) is 23.2 Å². The van der Waals surface area contributed by atoms with Crippen LogP contribution in [0.1, 0.15) is 130 Å². The Labute approximate surface area is 342 Å². The second-order valence-corrected chi connectivity index (χ2v) is 22.1. The molecule has 0 N–H and O–H groups in total. The quantitative estimate of drug-likeness (QED) is 0.164. The topological polar surface area (TPSA) is 6.48 Å². The molecule has 2 nitrogen and oxygen atoms in total. The van der Waals surface area contributed by atoms with Gasteiger partial charge in [-0.2, -0.15) is 0 Å².